The van der Waals surface area contributed by atoms with E-state index in [0.29, 0.717) is 5.69 Å². The van der Waals surface area contributed by atoms with Crippen molar-refractivity contribution in [1.29, 1.82) is 0 Å². The predicted octanol–water partition coefficient (Wildman–Crippen LogP) is 0.798. The van der Waals surface area contributed by atoms with Gasteiger partial charge in [0.1, 0.15) is 5.75 Å². The lowest BCUT2D eigenvalue weighted by atomic mass is 10.2. The number of amides is 1. The monoisotopic (exact) mass is 207 g/mol. The molecule has 0 saturated carbocycles. The van der Waals surface area contributed by atoms with Gasteiger partial charge in [-0.3, -0.25) is 4.79 Å². The average Bonchev–Trinajstić information content (AvgIpc) is 2.45. The van der Waals surface area contributed by atoms with Crippen molar-refractivity contribution in [2.75, 3.05) is 11.4 Å². The fraction of sp³-hybridized carbons (Fsp3) is 0.364. The minimum Gasteiger partial charge on any atom is -0.506 e. The van der Waals surface area contributed by atoms with E-state index < -0.39 is 6.10 Å². The number of hydrogen-bond donors (Lipinski definition) is 2. The van der Waals surface area contributed by atoms with Gasteiger partial charge in [0, 0.05) is 0 Å². The number of anilines is 1. The van der Waals surface area contributed by atoms with E-state index in [1.165, 1.54) is 4.90 Å². The first kappa shape index (κ1) is 9.98. The van der Waals surface area contributed by atoms with Crippen LogP contribution in [-0.2, 0) is 4.79 Å². The van der Waals surface area contributed by atoms with Crippen LogP contribution in [-0.4, -0.2) is 28.8 Å². The maximum atomic E-state index is 11.5. The van der Waals surface area contributed by atoms with Gasteiger partial charge in [0.05, 0.1) is 24.8 Å². The van der Waals surface area contributed by atoms with Crippen LogP contribution in [0.1, 0.15) is 12.0 Å². The van der Waals surface area contributed by atoms with E-state index in [2.05, 4.69) is 0 Å². The van der Waals surface area contributed by atoms with Crippen molar-refractivity contribution >= 4 is 11.6 Å². The van der Waals surface area contributed by atoms with Gasteiger partial charge in [-0.25, -0.2) is 0 Å². The van der Waals surface area contributed by atoms with E-state index >= 15 is 0 Å². The molecule has 2 rings (SSSR count). The number of aliphatic hydroxyl groups is 1. The van der Waals surface area contributed by atoms with Crippen molar-refractivity contribution in [3.63, 3.8) is 0 Å². The summed E-state index contributed by atoms with van der Waals surface area (Å²) < 4.78 is 0. The minimum absolute atomic E-state index is 0.0810. The summed E-state index contributed by atoms with van der Waals surface area (Å²) in [6.45, 7) is 2.12. The van der Waals surface area contributed by atoms with Crippen LogP contribution in [0.4, 0.5) is 5.69 Å². The Balaban J connectivity index is 2.34. The first-order valence-electron chi connectivity index (χ1n) is 4.86. The third-order valence-electron chi connectivity index (χ3n) is 2.53. The summed E-state index contributed by atoms with van der Waals surface area (Å²) in [5.74, 6) is -0.0703. The second kappa shape index (κ2) is 3.55. The zero-order valence-corrected chi connectivity index (χ0v) is 8.47. The fourth-order valence-corrected chi connectivity index (χ4v) is 1.78. The molecule has 1 unspecified atom stereocenters. The molecule has 1 saturated heterocycles. The lowest BCUT2D eigenvalue weighted by Gasteiger charge is -2.17. The summed E-state index contributed by atoms with van der Waals surface area (Å²) in [5.41, 5.74) is 1.41. The van der Waals surface area contributed by atoms with Crippen LogP contribution in [0, 0.1) is 6.92 Å². The number of carbonyl (C=O) groups is 1. The number of phenolic OH excluding ortho intramolecular Hbond substituents is 1. The van der Waals surface area contributed by atoms with Gasteiger partial charge in [-0.1, -0.05) is 6.07 Å². The summed E-state index contributed by atoms with van der Waals surface area (Å²) in [5, 5.41) is 19.0. The van der Waals surface area contributed by atoms with Crippen LogP contribution in [0.15, 0.2) is 18.2 Å². The predicted molar refractivity (Wildman–Crippen MR) is 55.8 cm³/mol. The summed E-state index contributed by atoms with van der Waals surface area (Å²) in [6.07, 6.45) is -0.494. The Hall–Kier alpha value is -1.55. The third kappa shape index (κ3) is 1.80. The molecule has 1 aromatic carbocycles. The van der Waals surface area contributed by atoms with Gasteiger partial charge in [0.25, 0.3) is 0 Å². The molecule has 1 fully saturated rings. The Morgan fingerprint density at radius 2 is 2.20 bits per heavy atom. The number of benzene rings is 1. The molecule has 0 bridgehead atoms. The molecule has 15 heavy (non-hydrogen) atoms. The molecule has 1 aliphatic rings. The smallest absolute Gasteiger partial charge is 0.229 e. The number of nitrogens with zero attached hydrogens (tertiary/aromatic N) is 1. The van der Waals surface area contributed by atoms with Crippen LogP contribution in [0.25, 0.3) is 0 Å². The van der Waals surface area contributed by atoms with Crippen molar-refractivity contribution in [2.24, 2.45) is 0 Å². The summed E-state index contributed by atoms with van der Waals surface area (Å²) in [6, 6.07) is 5.13. The first-order chi connectivity index (χ1) is 7.08. The van der Waals surface area contributed by atoms with Crippen molar-refractivity contribution in [2.45, 2.75) is 19.4 Å². The molecule has 80 valence electrons. The molecule has 0 spiro atoms. The average molecular weight is 207 g/mol. The van der Waals surface area contributed by atoms with E-state index in [0.717, 1.165) is 5.56 Å². The molecule has 1 atom stereocenters. The Morgan fingerprint density at radius 3 is 2.73 bits per heavy atom. The van der Waals surface area contributed by atoms with Gasteiger partial charge in [-0.15, -0.1) is 0 Å². The Bertz CT molecular complexity index is 403. The number of β-amino-alcohol motifs (C(OH)–C–C–N with tert-alkyl or cyclic N) is 1. The highest BCUT2D eigenvalue weighted by Gasteiger charge is 2.30. The molecule has 2 N–H and O–H groups in total. The quantitative estimate of drug-likeness (QED) is 0.716. The maximum Gasteiger partial charge on any atom is 0.229 e. The maximum absolute atomic E-state index is 11.5. The van der Waals surface area contributed by atoms with Gasteiger partial charge >= 0.3 is 0 Å². The first-order valence-corrected chi connectivity index (χ1v) is 4.86. The molecular formula is C11H13NO3. The minimum atomic E-state index is -0.627. The summed E-state index contributed by atoms with van der Waals surface area (Å²) in [7, 11) is 0. The van der Waals surface area contributed by atoms with Crippen LogP contribution in [0.3, 0.4) is 0 Å². The van der Waals surface area contributed by atoms with Crippen molar-refractivity contribution < 1.29 is 15.0 Å². The molecule has 0 aromatic heterocycles. The zero-order chi connectivity index (χ0) is 11.0. The van der Waals surface area contributed by atoms with Crippen molar-refractivity contribution in [3.8, 4) is 5.75 Å². The van der Waals surface area contributed by atoms with Gasteiger partial charge in [0.2, 0.25) is 5.91 Å². The number of hydrogen-bond acceptors (Lipinski definition) is 3. The Kier molecular flexibility index (Phi) is 2.36. The molecule has 1 aliphatic heterocycles. The molecule has 1 amide bonds. The molecule has 0 aliphatic carbocycles. The standard InChI is InChI=1S/C11H13NO3/c1-7-2-3-9(10(14)4-7)12-6-8(13)5-11(12)15/h2-4,8,13-14H,5-6H2,1H3. The number of aliphatic hydroxyl groups excluding tert-OH is 1. The van der Waals surface area contributed by atoms with Crippen LogP contribution >= 0.6 is 0 Å². The van der Waals surface area contributed by atoms with E-state index in [1.807, 2.05) is 13.0 Å². The van der Waals surface area contributed by atoms with Crippen LogP contribution < -0.4 is 4.90 Å². The summed E-state index contributed by atoms with van der Waals surface area (Å²) >= 11 is 0. The second-order valence-corrected chi connectivity index (χ2v) is 3.85. The van der Waals surface area contributed by atoms with Crippen LogP contribution in [0.2, 0.25) is 0 Å². The largest absolute Gasteiger partial charge is 0.506 e. The molecule has 1 aromatic rings. The molecule has 1 heterocycles. The molecule has 4 heteroatoms. The number of aryl methyl sites for hydroxylation is 1. The van der Waals surface area contributed by atoms with Crippen LogP contribution in [0.5, 0.6) is 5.75 Å². The highest BCUT2D eigenvalue weighted by molar-refractivity contribution is 5.97. The highest BCUT2D eigenvalue weighted by Crippen LogP contribution is 2.31. The topological polar surface area (TPSA) is 60.8 Å². The van der Waals surface area contributed by atoms with Crippen molar-refractivity contribution in [1.82, 2.24) is 0 Å². The fourth-order valence-electron chi connectivity index (χ4n) is 1.78. The molecular weight excluding hydrogens is 194 g/mol. The Morgan fingerprint density at radius 1 is 1.47 bits per heavy atom. The number of aromatic hydroxyl groups is 1. The zero-order valence-electron chi connectivity index (χ0n) is 8.47. The third-order valence-corrected chi connectivity index (χ3v) is 2.53. The normalized spacial score (nSPS) is 21.1. The van der Waals surface area contributed by atoms with Gasteiger partial charge < -0.3 is 15.1 Å². The molecule has 0 radical (unpaired) electrons. The van der Waals surface area contributed by atoms with Crippen molar-refractivity contribution in [3.05, 3.63) is 23.8 Å². The van der Waals surface area contributed by atoms with Gasteiger partial charge in [-0.05, 0) is 24.6 Å². The van der Waals surface area contributed by atoms with E-state index in [1.54, 1.807) is 12.1 Å². The highest BCUT2D eigenvalue weighted by atomic mass is 16.3. The number of rotatable bonds is 1. The SMILES string of the molecule is Cc1ccc(N2CC(O)CC2=O)c(O)c1. The number of carbonyl (C=O) groups excluding carboxylic acids is 1. The van der Waals surface area contributed by atoms with E-state index in [-0.39, 0.29) is 24.6 Å². The van der Waals surface area contributed by atoms with E-state index in [4.69, 9.17) is 0 Å². The second-order valence-electron chi connectivity index (χ2n) is 3.85. The van der Waals surface area contributed by atoms with Gasteiger partial charge in [-0.2, -0.15) is 0 Å². The Labute approximate surface area is 87.8 Å². The molecule has 4 nitrogen and oxygen atoms in total. The number of phenols is 1. The lowest BCUT2D eigenvalue weighted by molar-refractivity contribution is -0.117. The summed E-state index contributed by atoms with van der Waals surface area (Å²) in [4.78, 5) is 12.9. The lowest BCUT2D eigenvalue weighted by Crippen LogP contribution is -2.25. The van der Waals surface area contributed by atoms with Gasteiger partial charge in [0.15, 0.2) is 0 Å². The van der Waals surface area contributed by atoms with E-state index in [9.17, 15) is 15.0 Å².